The maximum atomic E-state index is 13.3. The number of hydrogen-bond donors (Lipinski definition) is 5. The van der Waals surface area contributed by atoms with Crippen LogP contribution in [-0.2, 0) is 13.8 Å². The van der Waals surface area contributed by atoms with Gasteiger partial charge in [-0.25, -0.2) is 9.36 Å². The minimum Gasteiger partial charge on any atom is -0.394 e. The van der Waals surface area contributed by atoms with E-state index >= 15 is 0 Å². The van der Waals surface area contributed by atoms with Crippen LogP contribution in [0.3, 0.4) is 0 Å². The summed E-state index contributed by atoms with van der Waals surface area (Å²) in [5, 5.41) is 19.0. The molecule has 0 radical (unpaired) electrons. The molecule has 1 unspecified atom stereocenters. The lowest BCUT2D eigenvalue weighted by atomic mass is 10.1. The average Bonchev–Trinajstić information content (AvgIpc) is 2.81. The van der Waals surface area contributed by atoms with Crippen LogP contribution < -0.4 is 11.2 Å². The van der Waals surface area contributed by atoms with Crippen LogP contribution >= 0.6 is 7.82 Å². The molecule has 2 heterocycles. The molecule has 0 aliphatic carbocycles. The van der Waals surface area contributed by atoms with E-state index in [-0.39, 0.29) is 6.42 Å². The summed E-state index contributed by atoms with van der Waals surface area (Å²) < 4.78 is 34.3. The summed E-state index contributed by atoms with van der Waals surface area (Å²) in [6.45, 7) is -0.881. The molecule has 0 saturated carbocycles. The molecule has 4 atom stereocenters. The number of ether oxygens (including phenoxy) is 1. The molecule has 1 aromatic rings. The standard InChI is InChI=1S/C10H14FN2O9P/c11-4-2-13(10(17)12-9(4)16)7-1-5(15)8(21-7)6(3-14)22-23(18,19)20/h2,5-8,14-15H,1,3H2,(H,12,16,17)(H2,18,19,20)/t5?,6-,7+,8-/m0/s1. The number of aromatic amines is 1. The SMILES string of the molecule is O=c1[nH]c(=O)n([C@H]2CC(O)[C@@H]([C@H](CO)OP(=O)(O)O)O2)cc1F. The Morgan fingerprint density at radius 2 is 2.17 bits per heavy atom. The van der Waals surface area contributed by atoms with E-state index in [1.807, 2.05) is 0 Å². The van der Waals surface area contributed by atoms with Crippen LogP contribution in [0.2, 0.25) is 0 Å². The van der Waals surface area contributed by atoms with Gasteiger partial charge in [-0.3, -0.25) is 18.9 Å². The van der Waals surface area contributed by atoms with Crippen LogP contribution in [0.4, 0.5) is 4.39 Å². The number of aromatic nitrogens is 2. The zero-order valence-electron chi connectivity index (χ0n) is 11.4. The highest BCUT2D eigenvalue weighted by atomic mass is 31.2. The third-order valence-corrected chi connectivity index (χ3v) is 3.74. The number of H-pyrrole nitrogens is 1. The molecule has 0 spiro atoms. The molecule has 0 aromatic carbocycles. The van der Waals surface area contributed by atoms with Gasteiger partial charge in [-0.2, -0.15) is 4.39 Å². The monoisotopic (exact) mass is 356 g/mol. The molecule has 0 bridgehead atoms. The Balaban J connectivity index is 2.24. The smallest absolute Gasteiger partial charge is 0.394 e. The molecule has 130 valence electrons. The molecule has 2 rings (SSSR count). The highest BCUT2D eigenvalue weighted by molar-refractivity contribution is 7.46. The normalized spacial score (nSPS) is 26.4. The van der Waals surface area contributed by atoms with Crippen molar-refractivity contribution in [2.24, 2.45) is 0 Å². The quantitative estimate of drug-likeness (QED) is 0.367. The fraction of sp³-hybridized carbons (Fsp3) is 0.600. The topological polar surface area (TPSA) is 171 Å². The Hall–Kier alpha value is -1.40. The number of halogens is 1. The third-order valence-electron chi connectivity index (χ3n) is 3.19. The lowest BCUT2D eigenvalue weighted by molar-refractivity contribution is -0.0937. The Labute approximate surface area is 127 Å². The number of phosphoric ester groups is 1. The maximum absolute atomic E-state index is 13.3. The van der Waals surface area contributed by atoms with Crippen molar-refractivity contribution in [3.05, 3.63) is 32.9 Å². The van der Waals surface area contributed by atoms with Crippen LogP contribution in [0.1, 0.15) is 12.6 Å². The van der Waals surface area contributed by atoms with Crippen molar-refractivity contribution in [3.8, 4) is 0 Å². The molecule has 1 fully saturated rings. The second kappa shape index (κ2) is 6.61. The van der Waals surface area contributed by atoms with Crippen molar-refractivity contribution in [2.75, 3.05) is 6.61 Å². The lowest BCUT2D eigenvalue weighted by Crippen LogP contribution is -2.39. The largest absolute Gasteiger partial charge is 0.470 e. The lowest BCUT2D eigenvalue weighted by Gasteiger charge is -2.24. The van der Waals surface area contributed by atoms with Crippen molar-refractivity contribution in [3.63, 3.8) is 0 Å². The van der Waals surface area contributed by atoms with Crippen LogP contribution in [-0.4, -0.2) is 54.5 Å². The van der Waals surface area contributed by atoms with Gasteiger partial charge in [0.25, 0.3) is 5.56 Å². The van der Waals surface area contributed by atoms with Gasteiger partial charge in [0, 0.05) is 6.42 Å². The molecule has 13 heteroatoms. The summed E-state index contributed by atoms with van der Waals surface area (Å²) in [5.41, 5.74) is -2.22. The van der Waals surface area contributed by atoms with Gasteiger partial charge < -0.3 is 24.7 Å². The molecule has 11 nitrogen and oxygen atoms in total. The first kappa shape index (κ1) is 17.9. The summed E-state index contributed by atoms with van der Waals surface area (Å²) >= 11 is 0. The van der Waals surface area contributed by atoms with Crippen LogP contribution in [0.5, 0.6) is 0 Å². The fourth-order valence-corrected chi connectivity index (χ4v) is 2.77. The first-order chi connectivity index (χ1) is 10.6. The molecule has 5 N–H and O–H groups in total. The van der Waals surface area contributed by atoms with E-state index in [0.29, 0.717) is 10.8 Å². The number of aliphatic hydroxyl groups excluding tert-OH is 2. The molecular formula is C10H14FN2O9P. The Bertz CT molecular complexity index is 728. The summed E-state index contributed by atoms with van der Waals surface area (Å²) in [4.78, 5) is 41.8. The number of phosphoric acid groups is 1. The molecule has 0 amide bonds. The Morgan fingerprint density at radius 3 is 2.74 bits per heavy atom. The summed E-state index contributed by atoms with van der Waals surface area (Å²) in [6.07, 6.45) is -5.19. The van der Waals surface area contributed by atoms with Gasteiger partial charge in [-0.1, -0.05) is 0 Å². The summed E-state index contributed by atoms with van der Waals surface area (Å²) in [6, 6.07) is 0. The first-order valence-corrected chi connectivity index (χ1v) is 7.84. The predicted molar refractivity (Wildman–Crippen MR) is 69.8 cm³/mol. The van der Waals surface area contributed by atoms with E-state index < -0.39 is 56.0 Å². The van der Waals surface area contributed by atoms with Crippen LogP contribution in [0.15, 0.2) is 15.8 Å². The Morgan fingerprint density at radius 1 is 1.52 bits per heavy atom. The van der Waals surface area contributed by atoms with Crippen LogP contribution in [0.25, 0.3) is 0 Å². The molecule has 23 heavy (non-hydrogen) atoms. The van der Waals surface area contributed by atoms with Gasteiger partial charge in [0.15, 0.2) is 0 Å². The van der Waals surface area contributed by atoms with Gasteiger partial charge in [0.05, 0.1) is 18.9 Å². The van der Waals surface area contributed by atoms with Gasteiger partial charge in [-0.05, 0) is 0 Å². The zero-order chi connectivity index (χ0) is 17.4. The number of nitrogens with one attached hydrogen (secondary N) is 1. The summed E-state index contributed by atoms with van der Waals surface area (Å²) in [7, 11) is -4.96. The fourth-order valence-electron chi connectivity index (χ4n) is 2.23. The van der Waals surface area contributed by atoms with Crippen molar-refractivity contribution < 1.29 is 38.2 Å². The highest BCUT2D eigenvalue weighted by Crippen LogP contribution is 2.41. The van der Waals surface area contributed by atoms with E-state index in [1.54, 1.807) is 4.98 Å². The highest BCUT2D eigenvalue weighted by Gasteiger charge is 2.43. The first-order valence-electron chi connectivity index (χ1n) is 6.31. The van der Waals surface area contributed by atoms with Gasteiger partial charge in [0.1, 0.15) is 18.4 Å². The molecule has 1 aromatic heterocycles. The van der Waals surface area contributed by atoms with E-state index in [1.165, 1.54) is 0 Å². The van der Waals surface area contributed by atoms with Crippen molar-refractivity contribution in [1.82, 2.24) is 9.55 Å². The number of aliphatic hydroxyl groups is 2. The molecule has 1 aliphatic rings. The van der Waals surface area contributed by atoms with E-state index in [4.69, 9.17) is 19.6 Å². The van der Waals surface area contributed by atoms with Crippen molar-refractivity contribution in [1.29, 1.82) is 0 Å². The zero-order valence-corrected chi connectivity index (χ0v) is 12.3. The minimum absolute atomic E-state index is 0.253. The van der Waals surface area contributed by atoms with Crippen molar-refractivity contribution in [2.45, 2.75) is 31.0 Å². The summed E-state index contributed by atoms with van der Waals surface area (Å²) in [5.74, 6) is -1.25. The predicted octanol–water partition coefficient (Wildman–Crippen LogP) is -2.21. The third kappa shape index (κ3) is 4.12. The van der Waals surface area contributed by atoms with Gasteiger partial charge in [-0.15, -0.1) is 0 Å². The average molecular weight is 356 g/mol. The number of nitrogens with zero attached hydrogens (tertiary/aromatic N) is 1. The number of rotatable bonds is 5. The minimum atomic E-state index is -4.96. The maximum Gasteiger partial charge on any atom is 0.470 e. The van der Waals surface area contributed by atoms with E-state index in [0.717, 1.165) is 0 Å². The molecule has 1 aliphatic heterocycles. The molecular weight excluding hydrogens is 342 g/mol. The Kier molecular flexibility index (Phi) is 5.16. The van der Waals surface area contributed by atoms with E-state index in [2.05, 4.69) is 4.52 Å². The second-order valence-corrected chi connectivity index (χ2v) is 6.01. The molecule has 1 saturated heterocycles. The van der Waals surface area contributed by atoms with Gasteiger partial charge >= 0.3 is 13.5 Å². The van der Waals surface area contributed by atoms with Gasteiger partial charge in [0.2, 0.25) is 5.82 Å². The van der Waals surface area contributed by atoms with E-state index in [9.17, 15) is 23.7 Å². The second-order valence-electron chi connectivity index (χ2n) is 4.82. The van der Waals surface area contributed by atoms with Crippen LogP contribution in [0, 0.1) is 5.82 Å². The van der Waals surface area contributed by atoms with Crippen molar-refractivity contribution >= 4 is 7.82 Å². The number of hydrogen-bond acceptors (Lipinski definition) is 7.